The first-order chi connectivity index (χ1) is 8.69. The molecule has 0 saturated carbocycles. The van der Waals surface area contributed by atoms with Crippen LogP contribution in [-0.2, 0) is 6.54 Å². The summed E-state index contributed by atoms with van der Waals surface area (Å²) in [6.07, 6.45) is 3.64. The summed E-state index contributed by atoms with van der Waals surface area (Å²) in [5.74, 6) is 0.0688. The lowest BCUT2D eigenvalue weighted by Crippen LogP contribution is -2.16. The highest BCUT2D eigenvalue weighted by molar-refractivity contribution is 6.31. The lowest BCUT2D eigenvalue weighted by molar-refractivity contribution is 0.318. The van der Waals surface area contributed by atoms with Crippen molar-refractivity contribution in [2.75, 3.05) is 6.54 Å². The number of unbranched alkanes of at least 4 members (excludes halogenated alkanes) is 2. The van der Waals surface area contributed by atoms with Gasteiger partial charge in [0.2, 0.25) is 0 Å². The third-order valence-corrected chi connectivity index (χ3v) is 3.08. The SMILES string of the molecule is CCCCCNCc1ccc(/C(N)=N/O)cc1Cl. The van der Waals surface area contributed by atoms with Gasteiger partial charge in [-0.1, -0.05) is 48.7 Å². The van der Waals surface area contributed by atoms with Crippen LogP contribution in [0.25, 0.3) is 0 Å². The van der Waals surface area contributed by atoms with Crippen molar-refractivity contribution in [3.8, 4) is 0 Å². The predicted molar refractivity (Wildman–Crippen MR) is 75.2 cm³/mol. The third-order valence-electron chi connectivity index (χ3n) is 2.73. The molecule has 0 aromatic heterocycles. The molecule has 0 aliphatic rings. The highest BCUT2D eigenvalue weighted by atomic mass is 35.5. The molecule has 5 heteroatoms. The summed E-state index contributed by atoms with van der Waals surface area (Å²) in [5, 5.41) is 15.5. The molecule has 0 atom stereocenters. The van der Waals surface area contributed by atoms with Crippen LogP contribution in [0.2, 0.25) is 5.02 Å². The molecule has 0 radical (unpaired) electrons. The van der Waals surface area contributed by atoms with Crippen LogP contribution in [0, 0.1) is 0 Å². The number of halogens is 1. The van der Waals surface area contributed by atoms with Gasteiger partial charge in [-0.3, -0.25) is 0 Å². The number of oxime groups is 1. The van der Waals surface area contributed by atoms with E-state index in [-0.39, 0.29) is 5.84 Å². The summed E-state index contributed by atoms with van der Waals surface area (Å²) in [6.45, 7) is 3.91. The van der Waals surface area contributed by atoms with E-state index in [2.05, 4.69) is 17.4 Å². The van der Waals surface area contributed by atoms with Gasteiger partial charge < -0.3 is 16.3 Å². The van der Waals surface area contributed by atoms with E-state index in [0.29, 0.717) is 10.6 Å². The van der Waals surface area contributed by atoms with Gasteiger partial charge in [-0.15, -0.1) is 0 Å². The maximum Gasteiger partial charge on any atom is 0.170 e. The Morgan fingerprint density at radius 1 is 1.44 bits per heavy atom. The van der Waals surface area contributed by atoms with Crippen molar-refractivity contribution in [2.24, 2.45) is 10.9 Å². The molecular formula is C13H20ClN3O. The van der Waals surface area contributed by atoms with Crippen LogP contribution in [0.4, 0.5) is 0 Å². The van der Waals surface area contributed by atoms with Crippen molar-refractivity contribution in [3.63, 3.8) is 0 Å². The second kappa shape index (κ2) is 7.95. The minimum atomic E-state index is 0.0688. The second-order valence-electron chi connectivity index (χ2n) is 4.18. The maximum absolute atomic E-state index is 8.58. The zero-order chi connectivity index (χ0) is 13.4. The van der Waals surface area contributed by atoms with Gasteiger partial charge in [0, 0.05) is 17.1 Å². The Morgan fingerprint density at radius 2 is 2.22 bits per heavy atom. The van der Waals surface area contributed by atoms with Gasteiger partial charge in [-0.05, 0) is 24.6 Å². The van der Waals surface area contributed by atoms with Crippen molar-refractivity contribution in [2.45, 2.75) is 32.7 Å². The first-order valence-electron chi connectivity index (χ1n) is 6.16. The van der Waals surface area contributed by atoms with Crippen molar-refractivity contribution in [1.82, 2.24) is 5.32 Å². The van der Waals surface area contributed by atoms with E-state index in [4.69, 9.17) is 22.5 Å². The molecule has 0 amide bonds. The summed E-state index contributed by atoms with van der Waals surface area (Å²) < 4.78 is 0. The number of hydrogen-bond acceptors (Lipinski definition) is 3. The highest BCUT2D eigenvalue weighted by Gasteiger charge is 2.04. The van der Waals surface area contributed by atoms with Gasteiger partial charge in [0.1, 0.15) is 0 Å². The molecule has 0 fully saturated rings. The fourth-order valence-electron chi connectivity index (χ4n) is 1.63. The Balaban J connectivity index is 2.52. The molecule has 1 aromatic rings. The molecular weight excluding hydrogens is 250 g/mol. The summed E-state index contributed by atoms with van der Waals surface area (Å²) >= 11 is 6.14. The van der Waals surface area contributed by atoms with Crippen LogP contribution < -0.4 is 11.1 Å². The van der Waals surface area contributed by atoms with Gasteiger partial charge >= 0.3 is 0 Å². The van der Waals surface area contributed by atoms with E-state index >= 15 is 0 Å². The minimum Gasteiger partial charge on any atom is -0.409 e. The summed E-state index contributed by atoms with van der Waals surface area (Å²) in [4.78, 5) is 0. The van der Waals surface area contributed by atoms with Crippen molar-refractivity contribution in [1.29, 1.82) is 0 Å². The molecule has 0 saturated heterocycles. The molecule has 0 aliphatic heterocycles. The van der Waals surface area contributed by atoms with Crippen LogP contribution in [0.3, 0.4) is 0 Å². The van der Waals surface area contributed by atoms with Crippen LogP contribution >= 0.6 is 11.6 Å². The molecule has 100 valence electrons. The number of rotatable bonds is 7. The number of nitrogens with two attached hydrogens (primary N) is 1. The minimum absolute atomic E-state index is 0.0688. The second-order valence-corrected chi connectivity index (χ2v) is 4.58. The number of nitrogens with zero attached hydrogens (tertiary/aromatic N) is 1. The van der Waals surface area contributed by atoms with Gasteiger partial charge in [0.15, 0.2) is 5.84 Å². The van der Waals surface area contributed by atoms with Crippen molar-refractivity contribution < 1.29 is 5.21 Å². The van der Waals surface area contributed by atoms with Crippen LogP contribution in [0.15, 0.2) is 23.4 Å². The Labute approximate surface area is 113 Å². The van der Waals surface area contributed by atoms with Crippen molar-refractivity contribution >= 4 is 17.4 Å². The molecule has 0 spiro atoms. The van der Waals surface area contributed by atoms with Gasteiger partial charge in [0.05, 0.1) is 0 Å². The Morgan fingerprint density at radius 3 is 2.83 bits per heavy atom. The molecule has 0 heterocycles. The topological polar surface area (TPSA) is 70.6 Å². The number of benzene rings is 1. The first-order valence-corrected chi connectivity index (χ1v) is 6.54. The standard InChI is InChI=1S/C13H20ClN3O/c1-2-3-4-7-16-9-11-6-5-10(8-12(11)14)13(15)17-18/h5-6,8,16,18H,2-4,7,9H2,1H3,(H2,15,17). The van der Waals surface area contributed by atoms with E-state index in [9.17, 15) is 0 Å². The molecule has 1 aromatic carbocycles. The molecule has 0 aliphatic carbocycles. The summed E-state index contributed by atoms with van der Waals surface area (Å²) in [7, 11) is 0. The van der Waals surface area contributed by atoms with Crippen LogP contribution in [0.1, 0.15) is 37.3 Å². The van der Waals surface area contributed by atoms with Crippen LogP contribution in [-0.4, -0.2) is 17.6 Å². The number of amidine groups is 1. The Bertz CT molecular complexity index is 407. The smallest absolute Gasteiger partial charge is 0.170 e. The molecule has 4 N–H and O–H groups in total. The zero-order valence-corrected chi connectivity index (χ0v) is 11.4. The van der Waals surface area contributed by atoms with E-state index in [1.54, 1.807) is 12.1 Å². The van der Waals surface area contributed by atoms with Gasteiger partial charge in [-0.25, -0.2) is 0 Å². The average molecular weight is 270 g/mol. The molecule has 4 nitrogen and oxygen atoms in total. The number of nitrogens with one attached hydrogen (secondary N) is 1. The molecule has 18 heavy (non-hydrogen) atoms. The zero-order valence-electron chi connectivity index (χ0n) is 10.6. The highest BCUT2D eigenvalue weighted by Crippen LogP contribution is 2.17. The first kappa shape index (κ1) is 14.8. The maximum atomic E-state index is 8.58. The summed E-state index contributed by atoms with van der Waals surface area (Å²) in [5.41, 5.74) is 7.13. The van der Waals surface area contributed by atoms with Gasteiger partial charge in [-0.2, -0.15) is 0 Å². The lowest BCUT2D eigenvalue weighted by Gasteiger charge is -2.08. The van der Waals surface area contributed by atoms with E-state index in [1.807, 2.05) is 6.07 Å². The Kier molecular flexibility index (Phi) is 6.54. The molecule has 1 rings (SSSR count). The van der Waals surface area contributed by atoms with Crippen molar-refractivity contribution in [3.05, 3.63) is 34.3 Å². The van der Waals surface area contributed by atoms with E-state index in [0.717, 1.165) is 18.7 Å². The average Bonchev–Trinajstić information content (AvgIpc) is 2.39. The normalized spacial score (nSPS) is 11.8. The Hall–Kier alpha value is -1.26. The quantitative estimate of drug-likeness (QED) is 0.234. The summed E-state index contributed by atoms with van der Waals surface area (Å²) in [6, 6.07) is 5.40. The van der Waals surface area contributed by atoms with Crippen LogP contribution in [0.5, 0.6) is 0 Å². The lowest BCUT2D eigenvalue weighted by atomic mass is 10.1. The molecule has 0 unspecified atom stereocenters. The van der Waals surface area contributed by atoms with E-state index < -0.39 is 0 Å². The molecule has 0 bridgehead atoms. The number of hydrogen-bond donors (Lipinski definition) is 3. The van der Waals surface area contributed by atoms with E-state index in [1.165, 1.54) is 19.3 Å². The van der Waals surface area contributed by atoms with Gasteiger partial charge in [0.25, 0.3) is 0 Å². The monoisotopic (exact) mass is 269 g/mol. The fraction of sp³-hybridized carbons (Fsp3) is 0.462. The third kappa shape index (κ3) is 4.55. The predicted octanol–water partition coefficient (Wildman–Crippen LogP) is 2.71. The largest absolute Gasteiger partial charge is 0.409 e. The fourth-order valence-corrected chi connectivity index (χ4v) is 1.88.